The van der Waals surface area contributed by atoms with E-state index < -0.39 is 23.4 Å². The quantitative estimate of drug-likeness (QED) is 0.513. The van der Waals surface area contributed by atoms with Gasteiger partial charge in [0.05, 0.1) is 12.2 Å². The molecule has 0 aromatic heterocycles. The standard InChI is InChI=1S/C13H12F3N2O2/c1-2-20-12(19)10(8-17)11(13(14,15)16)18-9-6-4-3-5-7-9/h3-8,18H,2H2,1H3/q-1/b11-10+. The molecule has 0 radical (unpaired) electrons. The van der Waals surface area contributed by atoms with Gasteiger partial charge in [0.1, 0.15) is 5.70 Å². The SMILES string of the molecule is CCOC(=O)/C(C=[N-])=C(/Nc1ccccc1)C(F)(F)F. The van der Waals surface area contributed by atoms with E-state index in [0.29, 0.717) is 0 Å². The molecule has 0 spiro atoms. The van der Waals surface area contributed by atoms with Crippen molar-refractivity contribution in [2.24, 2.45) is 0 Å². The lowest BCUT2D eigenvalue weighted by molar-refractivity contribution is -0.139. The molecule has 7 heteroatoms. The van der Waals surface area contributed by atoms with Crippen LogP contribution in [0.15, 0.2) is 41.6 Å². The van der Waals surface area contributed by atoms with Crippen molar-refractivity contribution in [1.29, 1.82) is 0 Å². The first-order chi connectivity index (χ1) is 9.40. The minimum Gasteiger partial charge on any atom is -0.810 e. The summed E-state index contributed by atoms with van der Waals surface area (Å²) in [4.78, 5) is 11.4. The summed E-state index contributed by atoms with van der Waals surface area (Å²) in [5.41, 5.74) is -2.24. The Morgan fingerprint density at radius 1 is 1.35 bits per heavy atom. The van der Waals surface area contributed by atoms with E-state index in [0.717, 1.165) is 0 Å². The van der Waals surface area contributed by atoms with E-state index in [-0.39, 0.29) is 18.5 Å². The average Bonchev–Trinajstić information content (AvgIpc) is 2.39. The van der Waals surface area contributed by atoms with Gasteiger partial charge in [0.25, 0.3) is 0 Å². The number of benzene rings is 1. The molecule has 0 atom stereocenters. The number of carbonyl (C=O) groups is 1. The molecule has 0 aliphatic carbocycles. The van der Waals surface area contributed by atoms with Gasteiger partial charge in [-0.3, -0.25) is 0 Å². The highest BCUT2D eigenvalue weighted by atomic mass is 19.4. The Balaban J connectivity index is 3.23. The minimum atomic E-state index is -4.85. The first-order valence-corrected chi connectivity index (χ1v) is 5.68. The van der Waals surface area contributed by atoms with Gasteiger partial charge in [-0.05, 0) is 19.1 Å². The third-order valence-corrected chi connectivity index (χ3v) is 2.22. The lowest BCUT2D eigenvalue weighted by atomic mass is 10.2. The molecule has 1 N–H and O–H groups in total. The molecule has 0 bridgehead atoms. The molecule has 4 nitrogen and oxygen atoms in total. The van der Waals surface area contributed by atoms with Crippen molar-refractivity contribution in [3.63, 3.8) is 0 Å². The fraction of sp³-hybridized carbons (Fsp3) is 0.231. The number of nitrogens with one attached hydrogen (secondary N) is 1. The second-order valence-corrected chi connectivity index (χ2v) is 3.63. The van der Waals surface area contributed by atoms with Crippen LogP contribution in [-0.2, 0) is 9.53 Å². The third kappa shape index (κ3) is 4.11. The zero-order valence-electron chi connectivity index (χ0n) is 10.6. The van der Waals surface area contributed by atoms with Crippen molar-refractivity contribution in [2.75, 3.05) is 11.9 Å². The predicted molar refractivity (Wildman–Crippen MR) is 69.2 cm³/mol. The van der Waals surface area contributed by atoms with E-state index in [2.05, 4.69) is 10.1 Å². The van der Waals surface area contributed by atoms with Crippen LogP contribution in [0.1, 0.15) is 6.92 Å². The van der Waals surface area contributed by atoms with Gasteiger partial charge in [-0.25, -0.2) is 4.79 Å². The van der Waals surface area contributed by atoms with Crippen LogP contribution in [0, 0.1) is 0 Å². The number of carbonyl (C=O) groups excluding carboxylic acids is 1. The Morgan fingerprint density at radius 3 is 2.40 bits per heavy atom. The number of rotatable bonds is 5. The van der Waals surface area contributed by atoms with Crippen LogP contribution in [0.5, 0.6) is 0 Å². The van der Waals surface area contributed by atoms with E-state index >= 15 is 0 Å². The van der Waals surface area contributed by atoms with Gasteiger partial charge < -0.3 is 15.5 Å². The molecular weight excluding hydrogens is 273 g/mol. The number of allylic oxidation sites excluding steroid dienone is 1. The summed E-state index contributed by atoms with van der Waals surface area (Å²) in [6, 6.07) is 7.48. The summed E-state index contributed by atoms with van der Waals surface area (Å²) in [6.07, 6.45) is -4.77. The van der Waals surface area contributed by atoms with Gasteiger partial charge >= 0.3 is 12.1 Å². The van der Waals surface area contributed by atoms with E-state index in [1.54, 1.807) is 6.07 Å². The van der Waals surface area contributed by atoms with Gasteiger partial charge in [-0.2, -0.15) is 19.4 Å². The zero-order chi connectivity index (χ0) is 15.2. The van der Waals surface area contributed by atoms with Crippen LogP contribution in [0.25, 0.3) is 5.41 Å². The van der Waals surface area contributed by atoms with Gasteiger partial charge in [0.15, 0.2) is 0 Å². The van der Waals surface area contributed by atoms with Crippen molar-refractivity contribution < 1.29 is 22.7 Å². The van der Waals surface area contributed by atoms with Gasteiger partial charge in [-0.15, -0.1) is 0 Å². The fourth-order valence-electron chi connectivity index (χ4n) is 1.38. The predicted octanol–water partition coefficient (Wildman–Crippen LogP) is 3.12. The van der Waals surface area contributed by atoms with Crippen LogP contribution in [-0.4, -0.2) is 25.0 Å². The van der Waals surface area contributed by atoms with Crippen LogP contribution in [0.4, 0.5) is 18.9 Å². The maximum absolute atomic E-state index is 13.0. The number of esters is 1. The first kappa shape index (κ1) is 15.7. The Hall–Kier alpha value is -2.31. The highest BCUT2D eigenvalue weighted by Gasteiger charge is 2.37. The van der Waals surface area contributed by atoms with Gasteiger partial charge in [0, 0.05) is 5.69 Å². The lowest BCUT2D eigenvalue weighted by Crippen LogP contribution is -2.25. The number of alkyl halides is 3. The van der Waals surface area contributed by atoms with Crippen LogP contribution < -0.4 is 5.32 Å². The molecule has 0 aliphatic heterocycles. The first-order valence-electron chi connectivity index (χ1n) is 5.68. The molecule has 20 heavy (non-hydrogen) atoms. The highest BCUT2D eigenvalue weighted by Crippen LogP contribution is 2.29. The molecule has 0 saturated carbocycles. The Labute approximate surface area is 113 Å². The van der Waals surface area contributed by atoms with Crippen LogP contribution >= 0.6 is 0 Å². The number of nitrogens with zero attached hydrogens (tertiary/aromatic N) is 1. The van der Waals surface area contributed by atoms with E-state index in [4.69, 9.17) is 5.41 Å². The van der Waals surface area contributed by atoms with Crippen molar-refractivity contribution >= 4 is 17.9 Å². The number of anilines is 1. The Bertz CT molecular complexity index is 510. The number of hydrogen-bond acceptors (Lipinski definition) is 3. The second kappa shape index (κ2) is 6.74. The van der Waals surface area contributed by atoms with Crippen molar-refractivity contribution in [3.8, 4) is 0 Å². The third-order valence-electron chi connectivity index (χ3n) is 2.22. The average molecular weight is 285 g/mol. The molecule has 1 aromatic rings. The molecule has 108 valence electrons. The highest BCUT2D eigenvalue weighted by molar-refractivity contribution is 6.11. The number of para-hydroxylation sites is 1. The number of ether oxygens (including phenoxy) is 1. The fourth-order valence-corrected chi connectivity index (χ4v) is 1.38. The van der Waals surface area contributed by atoms with E-state index in [9.17, 15) is 18.0 Å². The Morgan fingerprint density at radius 2 is 1.95 bits per heavy atom. The second-order valence-electron chi connectivity index (χ2n) is 3.63. The van der Waals surface area contributed by atoms with Crippen LogP contribution in [0.2, 0.25) is 0 Å². The summed E-state index contributed by atoms with van der Waals surface area (Å²) in [7, 11) is 0. The van der Waals surface area contributed by atoms with Gasteiger partial charge in [0.2, 0.25) is 0 Å². The minimum absolute atomic E-state index is 0.0801. The Kier molecular flexibility index (Phi) is 5.31. The van der Waals surface area contributed by atoms with Gasteiger partial charge in [-0.1, -0.05) is 18.2 Å². The topological polar surface area (TPSA) is 60.6 Å². The summed E-state index contributed by atoms with van der Waals surface area (Å²) in [5.74, 6) is -1.26. The molecule has 0 fully saturated rings. The summed E-state index contributed by atoms with van der Waals surface area (Å²) in [6.45, 7) is 1.34. The zero-order valence-corrected chi connectivity index (χ0v) is 10.6. The molecule has 0 heterocycles. The molecule has 1 aromatic carbocycles. The lowest BCUT2D eigenvalue weighted by Gasteiger charge is -2.18. The maximum atomic E-state index is 13.0. The molecule has 0 unspecified atom stereocenters. The monoisotopic (exact) mass is 285 g/mol. The number of hydrogen-bond donors (Lipinski definition) is 1. The van der Waals surface area contributed by atoms with Crippen molar-refractivity contribution in [3.05, 3.63) is 47.0 Å². The van der Waals surface area contributed by atoms with Crippen molar-refractivity contribution in [2.45, 2.75) is 13.1 Å². The smallest absolute Gasteiger partial charge is 0.432 e. The number of halogens is 3. The largest absolute Gasteiger partial charge is 0.810 e. The van der Waals surface area contributed by atoms with Crippen molar-refractivity contribution in [1.82, 2.24) is 0 Å². The molecule has 1 rings (SSSR count). The molecule has 0 saturated heterocycles. The van der Waals surface area contributed by atoms with E-state index in [1.165, 1.54) is 31.2 Å². The summed E-state index contributed by atoms with van der Waals surface area (Å²) >= 11 is 0. The maximum Gasteiger partial charge on any atom is 0.432 e. The normalized spacial score (nSPS) is 12.4. The van der Waals surface area contributed by atoms with E-state index in [1.807, 2.05) is 0 Å². The molecule has 0 amide bonds. The van der Waals surface area contributed by atoms with Crippen LogP contribution in [0.3, 0.4) is 0 Å². The molecule has 0 aliphatic rings. The summed E-state index contributed by atoms with van der Waals surface area (Å²) in [5, 5.41) is 11.0. The summed E-state index contributed by atoms with van der Waals surface area (Å²) < 4.78 is 43.4. The molecular formula is C13H12F3N2O2-.